The van der Waals surface area contributed by atoms with Gasteiger partial charge in [0.15, 0.2) is 11.6 Å². The first-order valence-electron chi connectivity index (χ1n) is 7.11. The van der Waals surface area contributed by atoms with Gasteiger partial charge in [-0.05, 0) is 30.1 Å². The van der Waals surface area contributed by atoms with E-state index < -0.39 is 23.3 Å². The average Bonchev–Trinajstić information content (AvgIpc) is 3.11. The normalized spacial score (nSPS) is 10.8. The molecule has 0 atom stereocenters. The number of nitrogens with zero attached hydrogens (tertiary/aromatic N) is 1. The van der Waals surface area contributed by atoms with Crippen LogP contribution in [0.3, 0.4) is 0 Å². The molecule has 10 heteroatoms. The maximum Gasteiger partial charge on any atom is 0.161 e. The van der Waals surface area contributed by atoms with Gasteiger partial charge in [-0.15, -0.1) is 11.3 Å². The molecule has 26 heavy (non-hydrogen) atoms. The molecule has 0 fully saturated rings. The minimum atomic E-state index is -1.27. The van der Waals surface area contributed by atoms with Crippen molar-refractivity contribution in [2.45, 2.75) is 11.4 Å². The molecule has 0 saturated carbocycles. The molecule has 0 spiro atoms. The number of nitrogens with one attached hydrogen (secondary N) is 2. The van der Waals surface area contributed by atoms with Crippen LogP contribution in [0.15, 0.2) is 40.1 Å². The number of hydrogen-bond donors (Lipinski definition) is 2. The monoisotopic (exact) mass is 419 g/mol. The predicted octanol–water partition coefficient (Wildman–Crippen LogP) is 6.08. The standard InChI is InChI=1S/C16H10ClF4N3S2/c17-9-2-15(26-24-16-6-25-7-23-16)13(21)4-14(9)22-5-8-1-11(19)12(20)3-10(8)18/h1-4,6-7,22,24H,5H2. The van der Waals surface area contributed by atoms with Crippen molar-refractivity contribution in [1.29, 1.82) is 0 Å². The minimum Gasteiger partial charge on any atom is -0.380 e. The van der Waals surface area contributed by atoms with Gasteiger partial charge in [-0.2, -0.15) is 0 Å². The number of hydrogen-bond acceptors (Lipinski definition) is 5. The van der Waals surface area contributed by atoms with Crippen molar-refractivity contribution >= 4 is 46.4 Å². The molecule has 3 rings (SSSR count). The molecule has 0 aliphatic carbocycles. The number of anilines is 2. The van der Waals surface area contributed by atoms with Crippen molar-refractivity contribution in [2.75, 3.05) is 10.0 Å². The molecule has 2 N–H and O–H groups in total. The summed E-state index contributed by atoms with van der Waals surface area (Å²) in [7, 11) is 0. The second-order valence-corrected chi connectivity index (χ2v) is 7.03. The fourth-order valence-corrected chi connectivity index (χ4v) is 3.52. The zero-order valence-electron chi connectivity index (χ0n) is 12.8. The third kappa shape index (κ3) is 4.40. The minimum absolute atomic E-state index is 0.107. The fourth-order valence-electron chi connectivity index (χ4n) is 2.00. The van der Waals surface area contributed by atoms with Gasteiger partial charge in [0, 0.05) is 23.6 Å². The second-order valence-electron chi connectivity index (χ2n) is 5.05. The number of benzene rings is 2. The first-order chi connectivity index (χ1) is 12.4. The van der Waals surface area contributed by atoms with E-state index in [1.807, 2.05) is 0 Å². The maximum absolute atomic E-state index is 14.2. The molecule has 0 amide bonds. The largest absolute Gasteiger partial charge is 0.380 e. The highest BCUT2D eigenvalue weighted by atomic mass is 35.5. The molecule has 3 aromatic rings. The van der Waals surface area contributed by atoms with E-state index in [4.69, 9.17) is 11.6 Å². The van der Waals surface area contributed by atoms with Gasteiger partial charge in [-0.3, -0.25) is 0 Å². The van der Waals surface area contributed by atoms with E-state index in [0.717, 1.165) is 24.1 Å². The summed E-state index contributed by atoms with van der Waals surface area (Å²) in [6.45, 7) is -0.189. The number of rotatable bonds is 6. The molecule has 2 aromatic carbocycles. The number of aromatic nitrogens is 1. The molecule has 136 valence electrons. The van der Waals surface area contributed by atoms with Crippen molar-refractivity contribution < 1.29 is 17.6 Å². The van der Waals surface area contributed by atoms with Crippen LogP contribution in [0.2, 0.25) is 5.02 Å². The van der Waals surface area contributed by atoms with E-state index in [0.29, 0.717) is 11.9 Å². The Balaban J connectivity index is 1.71. The summed E-state index contributed by atoms with van der Waals surface area (Å²) in [5.74, 6) is -3.32. The van der Waals surface area contributed by atoms with Gasteiger partial charge in [0.2, 0.25) is 0 Å². The van der Waals surface area contributed by atoms with Gasteiger partial charge >= 0.3 is 0 Å². The summed E-state index contributed by atoms with van der Waals surface area (Å²) in [6.07, 6.45) is 0. The van der Waals surface area contributed by atoms with Gasteiger partial charge in [-0.1, -0.05) is 11.6 Å². The van der Waals surface area contributed by atoms with Crippen LogP contribution in [0.4, 0.5) is 29.1 Å². The number of thiazole rings is 1. The van der Waals surface area contributed by atoms with E-state index in [2.05, 4.69) is 15.0 Å². The Morgan fingerprint density at radius 3 is 2.50 bits per heavy atom. The van der Waals surface area contributed by atoms with Crippen LogP contribution in [0, 0.1) is 23.3 Å². The number of halogens is 5. The van der Waals surface area contributed by atoms with Crippen LogP contribution >= 0.6 is 34.9 Å². The summed E-state index contributed by atoms with van der Waals surface area (Å²) in [4.78, 5) is 4.25. The topological polar surface area (TPSA) is 37.0 Å². The zero-order chi connectivity index (χ0) is 18.7. The highest BCUT2D eigenvalue weighted by Crippen LogP contribution is 2.32. The van der Waals surface area contributed by atoms with Crippen LogP contribution < -0.4 is 10.0 Å². The van der Waals surface area contributed by atoms with Crippen molar-refractivity contribution in [3.8, 4) is 0 Å². The molecule has 3 nitrogen and oxygen atoms in total. The molecule has 1 aromatic heterocycles. The Morgan fingerprint density at radius 2 is 1.77 bits per heavy atom. The first kappa shape index (κ1) is 18.8. The van der Waals surface area contributed by atoms with Crippen LogP contribution in [-0.4, -0.2) is 4.98 Å². The summed E-state index contributed by atoms with van der Waals surface area (Å²) in [5, 5.41) is 4.67. The molecule has 0 bridgehead atoms. The van der Waals surface area contributed by atoms with Crippen LogP contribution in [0.5, 0.6) is 0 Å². The first-order valence-corrected chi connectivity index (χ1v) is 9.25. The lowest BCUT2D eigenvalue weighted by Crippen LogP contribution is -2.05. The van der Waals surface area contributed by atoms with Crippen LogP contribution in [-0.2, 0) is 6.54 Å². The van der Waals surface area contributed by atoms with Crippen molar-refractivity contribution in [2.24, 2.45) is 0 Å². The third-order valence-electron chi connectivity index (χ3n) is 3.28. The maximum atomic E-state index is 14.2. The average molecular weight is 420 g/mol. The second kappa shape index (κ2) is 8.15. The zero-order valence-corrected chi connectivity index (χ0v) is 15.2. The van der Waals surface area contributed by atoms with E-state index in [1.54, 1.807) is 10.9 Å². The summed E-state index contributed by atoms with van der Waals surface area (Å²) in [5.41, 5.74) is 1.73. The lowest BCUT2D eigenvalue weighted by atomic mass is 10.2. The SMILES string of the molecule is Fc1cc(F)c(CNc2cc(F)c(SNc3cscn3)cc2Cl)cc1F. The Bertz CT molecular complexity index is 922. The Labute approximate surface area is 159 Å². The third-order valence-corrected chi connectivity index (χ3v) is 5.02. The Kier molecular flexibility index (Phi) is 5.90. The summed E-state index contributed by atoms with van der Waals surface area (Å²) in [6, 6.07) is 3.73. The highest BCUT2D eigenvalue weighted by molar-refractivity contribution is 8.00. The smallest absolute Gasteiger partial charge is 0.161 e. The van der Waals surface area contributed by atoms with Gasteiger partial charge in [0.25, 0.3) is 0 Å². The molecule has 0 radical (unpaired) electrons. The quantitative estimate of drug-likeness (QED) is 0.288. The van der Waals surface area contributed by atoms with Crippen molar-refractivity contribution in [3.63, 3.8) is 0 Å². The lowest BCUT2D eigenvalue weighted by molar-refractivity contribution is 0.490. The molecular formula is C16H10ClF4N3S2. The fraction of sp³-hybridized carbons (Fsp3) is 0.0625. The molecular weight excluding hydrogens is 410 g/mol. The van der Waals surface area contributed by atoms with Crippen molar-refractivity contribution in [1.82, 2.24) is 4.98 Å². The van der Waals surface area contributed by atoms with Gasteiger partial charge in [-0.25, -0.2) is 22.5 Å². The molecule has 0 aliphatic rings. The molecule has 1 heterocycles. The highest BCUT2D eigenvalue weighted by Gasteiger charge is 2.13. The van der Waals surface area contributed by atoms with Gasteiger partial charge in [0.05, 0.1) is 21.1 Å². The Hall–Kier alpha value is -1.97. The summed E-state index contributed by atoms with van der Waals surface area (Å²) < 4.78 is 56.9. The van der Waals surface area contributed by atoms with E-state index in [-0.39, 0.29) is 27.7 Å². The van der Waals surface area contributed by atoms with Crippen molar-refractivity contribution in [3.05, 3.63) is 69.0 Å². The molecule has 0 aliphatic heterocycles. The van der Waals surface area contributed by atoms with Gasteiger partial charge in [0.1, 0.15) is 17.5 Å². The predicted molar refractivity (Wildman–Crippen MR) is 96.6 cm³/mol. The molecule has 0 saturated heterocycles. The van der Waals surface area contributed by atoms with Crippen LogP contribution in [0.25, 0.3) is 0 Å². The van der Waals surface area contributed by atoms with Crippen LogP contribution in [0.1, 0.15) is 5.56 Å². The van der Waals surface area contributed by atoms with Gasteiger partial charge < -0.3 is 10.0 Å². The summed E-state index contributed by atoms with van der Waals surface area (Å²) >= 11 is 8.51. The van der Waals surface area contributed by atoms with E-state index in [1.165, 1.54) is 17.4 Å². The Morgan fingerprint density at radius 1 is 1.00 bits per heavy atom. The lowest BCUT2D eigenvalue weighted by Gasteiger charge is -2.12. The van der Waals surface area contributed by atoms with E-state index in [9.17, 15) is 17.6 Å². The van der Waals surface area contributed by atoms with E-state index >= 15 is 0 Å². The molecule has 0 unspecified atom stereocenters.